The van der Waals surface area contributed by atoms with Crippen LogP contribution in [-0.2, 0) is 0 Å². The van der Waals surface area contributed by atoms with Crippen LogP contribution in [0.2, 0.25) is 0 Å². The quantitative estimate of drug-likeness (QED) is 0.533. The van der Waals surface area contributed by atoms with E-state index in [0.717, 1.165) is 19.0 Å². The monoisotopic (exact) mass is 277 g/mol. The first-order valence-electron chi connectivity index (χ1n) is 8.65. The fourth-order valence-electron chi connectivity index (χ4n) is 3.15. The van der Waals surface area contributed by atoms with Crippen molar-refractivity contribution in [2.75, 3.05) is 13.1 Å². The molecule has 0 aromatic heterocycles. The summed E-state index contributed by atoms with van der Waals surface area (Å²) in [5.41, 5.74) is 2.71. The summed E-state index contributed by atoms with van der Waals surface area (Å²) in [6.45, 7) is 17.5. The van der Waals surface area contributed by atoms with Gasteiger partial charge in [-0.05, 0) is 44.9 Å². The highest BCUT2D eigenvalue weighted by atomic mass is 15.1. The molecule has 1 rings (SSSR count). The highest BCUT2D eigenvalue weighted by molar-refractivity contribution is 5.01. The van der Waals surface area contributed by atoms with Crippen molar-refractivity contribution < 1.29 is 0 Å². The largest absolute Gasteiger partial charge is 0.375 e. The summed E-state index contributed by atoms with van der Waals surface area (Å²) in [5, 5.41) is 0. The zero-order valence-electron chi connectivity index (χ0n) is 14.1. The highest BCUT2D eigenvalue weighted by Crippen LogP contribution is 2.29. The Morgan fingerprint density at radius 2 is 1.65 bits per heavy atom. The summed E-state index contributed by atoms with van der Waals surface area (Å²) >= 11 is 0. The highest BCUT2D eigenvalue weighted by Gasteiger charge is 2.19. The molecule has 0 aromatic carbocycles. The van der Waals surface area contributed by atoms with Crippen LogP contribution in [-0.4, -0.2) is 18.0 Å². The molecule has 1 atom stereocenters. The zero-order valence-corrected chi connectivity index (χ0v) is 14.1. The maximum Gasteiger partial charge on any atom is 0.0180 e. The zero-order chi connectivity index (χ0) is 15.0. The van der Waals surface area contributed by atoms with Crippen LogP contribution in [0.4, 0.5) is 0 Å². The van der Waals surface area contributed by atoms with E-state index in [1.54, 1.807) is 0 Å². The smallest absolute Gasteiger partial charge is 0.0180 e. The molecular weight excluding hydrogens is 242 g/mol. The molecule has 1 saturated carbocycles. The predicted octanol–water partition coefficient (Wildman–Crippen LogP) is 5.78. The van der Waals surface area contributed by atoms with Crippen LogP contribution in [0.3, 0.4) is 0 Å². The third-order valence-corrected chi connectivity index (χ3v) is 5.04. The molecule has 1 aliphatic carbocycles. The Bertz CT molecular complexity index is 297. The van der Waals surface area contributed by atoms with E-state index in [2.05, 4.69) is 38.8 Å². The molecule has 0 saturated heterocycles. The van der Waals surface area contributed by atoms with Crippen LogP contribution in [0.25, 0.3) is 0 Å². The molecule has 20 heavy (non-hydrogen) atoms. The van der Waals surface area contributed by atoms with Gasteiger partial charge in [-0.1, -0.05) is 57.8 Å². The van der Waals surface area contributed by atoms with Crippen LogP contribution in [0, 0.1) is 11.8 Å². The van der Waals surface area contributed by atoms with Gasteiger partial charge < -0.3 is 4.90 Å². The lowest BCUT2D eigenvalue weighted by Gasteiger charge is -2.33. The lowest BCUT2D eigenvalue weighted by molar-refractivity contribution is 0.276. The Morgan fingerprint density at radius 3 is 2.15 bits per heavy atom. The van der Waals surface area contributed by atoms with Crippen molar-refractivity contribution in [2.45, 2.75) is 72.1 Å². The molecule has 0 aliphatic heterocycles. The minimum Gasteiger partial charge on any atom is -0.375 e. The Morgan fingerprint density at radius 1 is 1.10 bits per heavy atom. The van der Waals surface area contributed by atoms with E-state index in [1.807, 2.05) is 0 Å². The van der Waals surface area contributed by atoms with Crippen molar-refractivity contribution >= 4 is 0 Å². The number of hydrogen-bond donors (Lipinski definition) is 0. The molecule has 0 spiro atoms. The molecule has 1 unspecified atom stereocenters. The van der Waals surface area contributed by atoms with Gasteiger partial charge >= 0.3 is 0 Å². The minimum absolute atomic E-state index is 0.620. The molecule has 1 heteroatoms. The second-order valence-corrected chi connectivity index (χ2v) is 6.65. The van der Waals surface area contributed by atoms with Crippen molar-refractivity contribution in [1.29, 1.82) is 0 Å². The lowest BCUT2D eigenvalue weighted by atomic mass is 9.88. The van der Waals surface area contributed by atoms with Crippen LogP contribution in [0.15, 0.2) is 24.4 Å². The van der Waals surface area contributed by atoms with Gasteiger partial charge in [-0.15, -0.1) is 0 Å². The second kappa shape index (κ2) is 9.26. The van der Waals surface area contributed by atoms with E-state index in [9.17, 15) is 0 Å². The van der Waals surface area contributed by atoms with Gasteiger partial charge in [0.25, 0.3) is 0 Å². The van der Waals surface area contributed by atoms with Crippen LogP contribution < -0.4 is 0 Å². The van der Waals surface area contributed by atoms with Crippen molar-refractivity contribution in [3.63, 3.8) is 0 Å². The number of hydrogen-bond acceptors (Lipinski definition) is 1. The second-order valence-electron chi connectivity index (χ2n) is 6.65. The third kappa shape index (κ3) is 5.73. The van der Waals surface area contributed by atoms with Gasteiger partial charge in [-0.2, -0.15) is 0 Å². The Balaban J connectivity index is 2.49. The molecule has 116 valence electrons. The van der Waals surface area contributed by atoms with Crippen molar-refractivity contribution in [3.8, 4) is 0 Å². The van der Waals surface area contributed by atoms with Gasteiger partial charge in [0.2, 0.25) is 0 Å². The molecule has 0 amide bonds. The Kier molecular flexibility index (Phi) is 8.02. The van der Waals surface area contributed by atoms with Gasteiger partial charge in [-0.25, -0.2) is 0 Å². The first-order chi connectivity index (χ1) is 9.56. The van der Waals surface area contributed by atoms with E-state index in [-0.39, 0.29) is 0 Å². The number of nitrogens with zero attached hydrogens (tertiary/aromatic N) is 1. The van der Waals surface area contributed by atoms with Crippen molar-refractivity contribution in [2.24, 2.45) is 11.8 Å². The predicted molar refractivity (Wildman–Crippen MR) is 90.8 cm³/mol. The maximum atomic E-state index is 4.45. The van der Waals surface area contributed by atoms with Gasteiger partial charge in [0, 0.05) is 18.8 Å². The van der Waals surface area contributed by atoms with Gasteiger partial charge in [0.1, 0.15) is 0 Å². The minimum atomic E-state index is 0.620. The molecule has 0 N–H and O–H groups in total. The standard InChI is InChI=1S/C19H35N/c1-6-20(15-14-17(4)16(2)3)18(5)19-12-10-8-7-9-11-13-19/h17,19H,2,5-15H2,1,3-4H3. The molecule has 0 bridgehead atoms. The fraction of sp³-hybridized carbons (Fsp3) is 0.789. The summed E-state index contributed by atoms with van der Waals surface area (Å²) in [4.78, 5) is 2.52. The SMILES string of the molecule is C=C(C)C(C)CCN(CC)C(=C)C1CCCCCCC1. The van der Waals surface area contributed by atoms with Gasteiger partial charge in [-0.3, -0.25) is 0 Å². The first kappa shape index (κ1) is 17.3. The summed E-state index contributed by atoms with van der Waals surface area (Å²) in [7, 11) is 0. The molecule has 1 aliphatic rings. The van der Waals surface area contributed by atoms with Crippen molar-refractivity contribution in [3.05, 3.63) is 24.4 Å². The van der Waals surface area contributed by atoms with E-state index < -0.39 is 0 Å². The van der Waals surface area contributed by atoms with E-state index in [0.29, 0.717) is 5.92 Å². The maximum absolute atomic E-state index is 4.45. The molecule has 1 fully saturated rings. The van der Waals surface area contributed by atoms with Gasteiger partial charge in [0.15, 0.2) is 0 Å². The third-order valence-electron chi connectivity index (χ3n) is 5.04. The van der Waals surface area contributed by atoms with Crippen LogP contribution >= 0.6 is 0 Å². The number of allylic oxidation sites excluding steroid dienone is 2. The fourth-order valence-corrected chi connectivity index (χ4v) is 3.15. The number of rotatable bonds is 7. The van der Waals surface area contributed by atoms with E-state index in [1.165, 1.54) is 62.6 Å². The van der Waals surface area contributed by atoms with E-state index >= 15 is 0 Å². The topological polar surface area (TPSA) is 3.24 Å². The summed E-state index contributed by atoms with van der Waals surface area (Å²) in [5.74, 6) is 1.35. The average Bonchev–Trinajstić information content (AvgIpc) is 2.38. The van der Waals surface area contributed by atoms with Crippen molar-refractivity contribution in [1.82, 2.24) is 4.90 Å². The molecule has 0 aromatic rings. The lowest BCUT2D eigenvalue weighted by Crippen LogP contribution is -2.29. The average molecular weight is 277 g/mol. The summed E-state index contributed by atoms with van der Waals surface area (Å²) in [6, 6.07) is 0. The summed E-state index contributed by atoms with van der Waals surface area (Å²) < 4.78 is 0. The van der Waals surface area contributed by atoms with E-state index in [4.69, 9.17) is 0 Å². The molecule has 0 heterocycles. The Labute approximate surface area is 127 Å². The summed E-state index contributed by atoms with van der Waals surface area (Å²) in [6.07, 6.45) is 11.0. The van der Waals surface area contributed by atoms with Crippen LogP contribution in [0.1, 0.15) is 72.1 Å². The van der Waals surface area contributed by atoms with Crippen LogP contribution in [0.5, 0.6) is 0 Å². The van der Waals surface area contributed by atoms with Gasteiger partial charge in [0.05, 0.1) is 0 Å². The first-order valence-corrected chi connectivity index (χ1v) is 8.65. The molecular formula is C19H35N. The Hall–Kier alpha value is -0.720. The molecule has 1 nitrogen and oxygen atoms in total. The normalized spacial score (nSPS) is 18.9. The molecule has 0 radical (unpaired) electrons.